The number of carbonyl (C=O) groups excluding carboxylic acids is 1. The molecule has 168 valence electrons. The number of aromatic amines is 1. The Labute approximate surface area is 192 Å². The molecule has 33 heavy (non-hydrogen) atoms. The predicted molar refractivity (Wildman–Crippen MR) is 128 cm³/mol. The maximum Gasteiger partial charge on any atom is 0.270 e. The van der Waals surface area contributed by atoms with Crippen LogP contribution < -0.4 is 5.56 Å². The van der Waals surface area contributed by atoms with Crippen molar-refractivity contribution in [2.75, 3.05) is 13.1 Å². The van der Waals surface area contributed by atoms with Gasteiger partial charge in [-0.05, 0) is 30.9 Å². The summed E-state index contributed by atoms with van der Waals surface area (Å²) in [5, 5.41) is 0. The average Bonchev–Trinajstić information content (AvgIpc) is 3.31. The third-order valence-corrected chi connectivity index (χ3v) is 6.42. The lowest BCUT2D eigenvalue weighted by atomic mass is 9.96. The van der Waals surface area contributed by atoms with Crippen LogP contribution in [0.4, 0.5) is 0 Å². The molecule has 0 aliphatic carbocycles. The van der Waals surface area contributed by atoms with E-state index in [9.17, 15) is 9.59 Å². The van der Waals surface area contributed by atoms with Gasteiger partial charge in [-0.15, -0.1) is 0 Å². The summed E-state index contributed by atoms with van der Waals surface area (Å²) in [4.78, 5) is 38.9. The fourth-order valence-corrected chi connectivity index (χ4v) is 4.57. The van der Waals surface area contributed by atoms with Crippen molar-refractivity contribution in [1.29, 1.82) is 0 Å². The van der Waals surface area contributed by atoms with Gasteiger partial charge in [0.1, 0.15) is 11.5 Å². The zero-order valence-corrected chi connectivity index (χ0v) is 18.5. The molecule has 1 aliphatic heterocycles. The van der Waals surface area contributed by atoms with Gasteiger partial charge in [-0.25, -0.2) is 9.97 Å². The number of H-pyrrole nitrogens is 1. The number of para-hydroxylation sites is 2. The minimum atomic E-state index is -0.213. The molecule has 5 rings (SSSR count). The van der Waals surface area contributed by atoms with E-state index >= 15 is 0 Å². The van der Waals surface area contributed by atoms with Crippen LogP contribution in [0.1, 0.15) is 25.0 Å². The van der Waals surface area contributed by atoms with E-state index in [4.69, 9.17) is 0 Å². The number of hydrogen-bond acceptors (Lipinski definition) is 4. The summed E-state index contributed by atoms with van der Waals surface area (Å²) in [5.41, 5.74) is 2.79. The number of aryl methyl sites for hydroxylation is 1. The second-order valence-electron chi connectivity index (χ2n) is 8.62. The zero-order valence-electron chi connectivity index (χ0n) is 18.5. The van der Waals surface area contributed by atoms with Gasteiger partial charge in [0, 0.05) is 50.4 Å². The number of likely N-dealkylation sites (tertiary alicyclic amines) is 1. The van der Waals surface area contributed by atoms with Gasteiger partial charge in [-0.3, -0.25) is 9.59 Å². The number of imidazole rings is 1. The highest BCUT2D eigenvalue weighted by Gasteiger charge is 2.24. The molecule has 0 saturated carbocycles. The molecule has 1 fully saturated rings. The van der Waals surface area contributed by atoms with Gasteiger partial charge in [0.15, 0.2) is 0 Å². The highest BCUT2D eigenvalue weighted by atomic mass is 16.2. The molecule has 3 heterocycles. The van der Waals surface area contributed by atoms with Crippen molar-refractivity contribution in [3.05, 3.63) is 83.0 Å². The first-order valence-corrected chi connectivity index (χ1v) is 11.5. The Morgan fingerprint density at radius 2 is 1.79 bits per heavy atom. The Bertz CT molecular complexity index is 1300. The molecule has 4 aromatic rings. The Kier molecular flexibility index (Phi) is 6.02. The van der Waals surface area contributed by atoms with Crippen LogP contribution in [-0.4, -0.2) is 43.4 Å². The highest BCUT2D eigenvalue weighted by Crippen LogP contribution is 2.23. The minimum Gasteiger partial charge on any atom is -0.343 e. The number of amides is 1. The molecule has 2 aromatic carbocycles. The first-order chi connectivity index (χ1) is 16.2. The molecule has 0 spiro atoms. The standard InChI is InChI=1S/C26H27N5O2/c32-24(11-10-23-26(33)29-22-9-5-4-8-21(22)28-23)30-15-12-19(13-16-30)18-31-17-14-27-25(31)20-6-2-1-3-7-20/h1-9,14,17,19H,10-13,15-16,18H2,(H,29,33). The quantitative estimate of drug-likeness (QED) is 0.495. The number of piperidine rings is 1. The molecule has 1 N–H and O–H groups in total. The zero-order chi connectivity index (χ0) is 22.6. The number of benzene rings is 2. The highest BCUT2D eigenvalue weighted by molar-refractivity contribution is 5.77. The van der Waals surface area contributed by atoms with Crippen molar-refractivity contribution in [3.8, 4) is 11.4 Å². The Morgan fingerprint density at radius 3 is 2.61 bits per heavy atom. The van der Waals surface area contributed by atoms with Crippen LogP contribution in [-0.2, 0) is 17.8 Å². The maximum atomic E-state index is 12.8. The summed E-state index contributed by atoms with van der Waals surface area (Å²) >= 11 is 0. The normalized spacial score (nSPS) is 14.6. The average molecular weight is 442 g/mol. The Hall–Kier alpha value is -3.74. The molecule has 1 aliphatic rings. The summed E-state index contributed by atoms with van der Waals surface area (Å²) in [5.74, 6) is 1.59. The smallest absolute Gasteiger partial charge is 0.270 e. The van der Waals surface area contributed by atoms with Crippen LogP contribution in [0.25, 0.3) is 22.4 Å². The molecule has 0 radical (unpaired) electrons. The van der Waals surface area contributed by atoms with Gasteiger partial charge in [0.05, 0.1) is 11.0 Å². The second kappa shape index (κ2) is 9.40. The number of hydrogen-bond donors (Lipinski definition) is 1. The summed E-state index contributed by atoms with van der Waals surface area (Å²) < 4.78 is 2.22. The van der Waals surface area contributed by atoms with Crippen molar-refractivity contribution < 1.29 is 4.79 Å². The largest absolute Gasteiger partial charge is 0.343 e. The Morgan fingerprint density at radius 1 is 1.03 bits per heavy atom. The lowest BCUT2D eigenvalue weighted by Crippen LogP contribution is -2.39. The number of nitrogens with zero attached hydrogens (tertiary/aromatic N) is 4. The summed E-state index contributed by atoms with van der Waals surface area (Å²) in [6.07, 6.45) is 6.48. The molecule has 7 nitrogen and oxygen atoms in total. The first kappa shape index (κ1) is 21.1. The monoisotopic (exact) mass is 441 g/mol. The molecule has 0 atom stereocenters. The molecular formula is C26H27N5O2. The number of carbonyl (C=O) groups is 1. The lowest BCUT2D eigenvalue weighted by Gasteiger charge is -2.32. The molecule has 0 unspecified atom stereocenters. The van der Waals surface area contributed by atoms with E-state index in [1.165, 1.54) is 0 Å². The molecule has 1 saturated heterocycles. The number of fused-ring (bicyclic) bond motifs is 1. The van der Waals surface area contributed by atoms with E-state index in [0.717, 1.165) is 49.4 Å². The topological polar surface area (TPSA) is 83.9 Å². The molecule has 2 aromatic heterocycles. The SMILES string of the molecule is O=C(CCc1nc2ccccc2[nH]c1=O)N1CCC(Cn2ccnc2-c2ccccc2)CC1. The van der Waals surface area contributed by atoms with Crippen molar-refractivity contribution in [1.82, 2.24) is 24.4 Å². The number of nitrogens with one attached hydrogen (secondary N) is 1. The van der Waals surface area contributed by atoms with Crippen molar-refractivity contribution in [2.45, 2.75) is 32.2 Å². The van der Waals surface area contributed by atoms with Crippen molar-refractivity contribution >= 4 is 16.9 Å². The molecule has 0 bridgehead atoms. The van der Waals surface area contributed by atoms with Crippen LogP contribution in [0.15, 0.2) is 71.8 Å². The summed E-state index contributed by atoms with van der Waals surface area (Å²) in [6.45, 7) is 2.41. The van der Waals surface area contributed by atoms with E-state index in [2.05, 4.69) is 31.7 Å². The molecular weight excluding hydrogens is 414 g/mol. The van der Waals surface area contributed by atoms with E-state index in [0.29, 0.717) is 30.0 Å². The van der Waals surface area contributed by atoms with Gasteiger partial charge >= 0.3 is 0 Å². The lowest BCUT2D eigenvalue weighted by molar-refractivity contribution is -0.132. The number of rotatable bonds is 6. The minimum absolute atomic E-state index is 0.0930. The predicted octanol–water partition coefficient (Wildman–Crippen LogP) is 3.66. The van der Waals surface area contributed by atoms with Crippen LogP contribution in [0.5, 0.6) is 0 Å². The Balaban J connectivity index is 1.15. The third-order valence-electron chi connectivity index (χ3n) is 6.42. The third kappa shape index (κ3) is 4.72. The van der Waals surface area contributed by atoms with Gasteiger partial charge in [-0.1, -0.05) is 42.5 Å². The first-order valence-electron chi connectivity index (χ1n) is 11.5. The van der Waals surface area contributed by atoms with E-state index in [-0.39, 0.29) is 11.5 Å². The van der Waals surface area contributed by atoms with E-state index in [1.807, 2.05) is 59.8 Å². The van der Waals surface area contributed by atoms with Gasteiger partial charge in [0.25, 0.3) is 5.56 Å². The van der Waals surface area contributed by atoms with Gasteiger partial charge < -0.3 is 14.5 Å². The van der Waals surface area contributed by atoms with Crippen LogP contribution in [0.3, 0.4) is 0 Å². The van der Waals surface area contributed by atoms with Crippen molar-refractivity contribution in [2.24, 2.45) is 5.92 Å². The maximum absolute atomic E-state index is 12.8. The van der Waals surface area contributed by atoms with Crippen LogP contribution in [0, 0.1) is 5.92 Å². The molecule has 1 amide bonds. The summed E-state index contributed by atoms with van der Waals surface area (Å²) in [6, 6.07) is 17.7. The van der Waals surface area contributed by atoms with Gasteiger partial charge in [-0.2, -0.15) is 0 Å². The van der Waals surface area contributed by atoms with Crippen LogP contribution >= 0.6 is 0 Å². The second-order valence-corrected chi connectivity index (χ2v) is 8.62. The number of aromatic nitrogens is 4. The van der Waals surface area contributed by atoms with Crippen LogP contribution in [0.2, 0.25) is 0 Å². The molecule has 7 heteroatoms. The fraction of sp³-hybridized carbons (Fsp3) is 0.308. The summed E-state index contributed by atoms with van der Waals surface area (Å²) in [7, 11) is 0. The van der Waals surface area contributed by atoms with E-state index < -0.39 is 0 Å². The van der Waals surface area contributed by atoms with Gasteiger partial charge in [0.2, 0.25) is 5.91 Å². The van der Waals surface area contributed by atoms with E-state index in [1.54, 1.807) is 0 Å². The fourth-order valence-electron chi connectivity index (χ4n) is 4.57. The van der Waals surface area contributed by atoms with Crippen molar-refractivity contribution in [3.63, 3.8) is 0 Å².